The van der Waals surface area contributed by atoms with Gasteiger partial charge in [-0.3, -0.25) is 4.84 Å². The predicted molar refractivity (Wildman–Crippen MR) is 79.6 cm³/mol. The van der Waals surface area contributed by atoms with Crippen LogP contribution in [0.3, 0.4) is 0 Å². The van der Waals surface area contributed by atoms with Crippen molar-refractivity contribution in [1.82, 2.24) is 5.06 Å². The molecule has 1 aromatic carbocycles. The van der Waals surface area contributed by atoms with Gasteiger partial charge in [-0.05, 0) is 58.9 Å². The molecular weight excluding hydrogens is 234 g/mol. The van der Waals surface area contributed by atoms with Gasteiger partial charge in [-0.2, -0.15) is 5.06 Å². The lowest BCUT2D eigenvalue weighted by molar-refractivity contribution is -0.273. The average Bonchev–Trinajstić information content (AvgIpc) is 2.33. The van der Waals surface area contributed by atoms with Gasteiger partial charge in [0.25, 0.3) is 0 Å². The van der Waals surface area contributed by atoms with Crippen LogP contribution in [0.5, 0.6) is 0 Å². The van der Waals surface area contributed by atoms with Crippen LogP contribution in [0.2, 0.25) is 0 Å². The quantitative estimate of drug-likeness (QED) is 0.810. The van der Waals surface area contributed by atoms with Gasteiger partial charge in [-0.1, -0.05) is 30.3 Å². The smallest absolute Gasteiger partial charge is 0.0725 e. The fourth-order valence-corrected chi connectivity index (χ4v) is 3.01. The summed E-state index contributed by atoms with van der Waals surface area (Å²) in [5.41, 5.74) is 1.50. The molecule has 0 atom stereocenters. The molecule has 2 nitrogen and oxygen atoms in total. The SMILES string of the molecule is CC1(C)C[CH]CC(C)(C)N1OCCc1ccccc1. The molecule has 0 aromatic heterocycles. The Morgan fingerprint density at radius 1 is 1.00 bits per heavy atom. The van der Waals surface area contributed by atoms with Crippen molar-refractivity contribution in [1.29, 1.82) is 0 Å². The molecule has 0 saturated carbocycles. The Morgan fingerprint density at radius 2 is 1.58 bits per heavy atom. The molecule has 1 aliphatic heterocycles. The van der Waals surface area contributed by atoms with E-state index in [1.54, 1.807) is 0 Å². The second-order valence-electron chi connectivity index (χ2n) is 6.68. The number of hydrogen-bond acceptors (Lipinski definition) is 2. The highest BCUT2D eigenvalue weighted by atomic mass is 16.7. The Bertz CT molecular complexity index is 381. The Kier molecular flexibility index (Phi) is 4.32. The maximum Gasteiger partial charge on any atom is 0.0725 e. The first-order valence-electron chi connectivity index (χ1n) is 7.21. The fraction of sp³-hybridized carbons (Fsp3) is 0.588. The molecule has 0 unspecified atom stereocenters. The third-order valence-electron chi connectivity index (χ3n) is 3.84. The second kappa shape index (κ2) is 5.64. The van der Waals surface area contributed by atoms with Gasteiger partial charge in [0, 0.05) is 11.1 Å². The van der Waals surface area contributed by atoms with Crippen LogP contribution in [0.25, 0.3) is 0 Å². The monoisotopic (exact) mass is 260 g/mol. The van der Waals surface area contributed by atoms with Crippen LogP contribution in [0.1, 0.15) is 46.1 Å². The molecule has 0 bridgehead atoms. The third kappa shape index (κ3) is 3.58. The van der Waals surface area contributed by atoms with Gasteiger partial charge in [-0.25, -0.2) is 0 Å². The van der Waals surface area contributed by atoms with Gasteiger partial charge in [-0.15, -0.1) is 0 Å². The molecule has 19 heavy (non-hydrogen) atoms. The van der Waals surface area contributed by atoms with E-state index < -0.39 is 0 Å². The van der Waals surface area contributed by atoms with Crippen molar-refractivity contribution >= 4 is 0 Å². The zero-order chi connectivity index (χ0) is 13.9. The first kappa shape index (κ1) is 14.5. The molecule has 0 aliphatic carbocycles. The lowest BCUT2D eigenvalue weighted by atomic mass is 9.82. The summed E-state index contributed by atoms with van der Waals surface area (Å²) >= 11 is 0. The van der Waals surface area contributed by atoms with Crippen LogP contribution in [0.15, 0.2) is 30.3 Å². The van der Waals surface area contributed by atoms with Crippen molar-refractivity contribution < 1.29 is 4.84 Å². The summed E-state index contributed by atoms with van der Waals surface area (Å²) in [4.78, 5) is 6.13. The molecule has 1 heterocycles. The molecule has 1 saturated heterocycles. The van der Waals surface area contributed by atoms with Gasteiger partial charge < -0.3 is 0 Å². The summed E-state index contributed by atoms with van der Waals surface area (Å²) in [6, 6.07) is 10.5. The number of rotatable bonds is 4. The molecule has 2 rings (SSSR count). The second-order valence-corrected chi connectivity index (χ2v) is 6.68. The minimum Gasteiger partial charge on any atom is -0.298 e. The van der Waals surface area contributed by atoms with E-state index in [4.69, 9.17) is 4.84 Å². The van der Waals surface area contributed by atoms with E-state index in [9.17, 15) is 0 Å². The van der Waals surface area contributed by atoms with Crippen molar-refractivity contribution in [2.75, 3.05) is 6.61 Å². The van der Waals surface area contributed by atoms with E-state index >= 15 is 0 Å². The largest absolute Gasteiger partial charge is 0.298 e. The van der Waals surface area contributed by atoms with Crippen molar-refractivity contribution in [2.45, 2.75) is 58.0 Å². The first-order valence-corrected chi connectivity index (χ1v) is 7.21. The van der Waals surface area contributed by atoms with Gasteiger partial charge in [0.1, 0.15) is 0 Å². The molecular formula is C17H26NO. The highest BCUT2D eigenvalue weighted by Crippen LogP contribution is 2.37. The van der Waals surface area contributed by atoms with Crippen LogP contribution in [-0.2, 0) is 11.3 Å². The highest BCUT2D eigenvalue weighted by molar-refractivity contribution is 5.14. The topological polar surface area (TPSA) is 12.5 Å². The maximum absolute atomic E-state index is 6.13. The summed E-state index contributed by atoms with van der Waals surface area (Å²) in [6.07, 6.45) is 5.52. The summed E-state index contributed by atoms with van der Waals surface area (Å²) in [5, 5.41) is 2.21. The average molecular weight is 260 g/mol. The molecule has 1 aromatic rings. The van der Waals surface area contributed by atoms with Gasteiger partial charge in [0.2, 0.25) is 0 Å². The number of nitrogens with zero attached hydrogens (tertiary/aromatic N) is 1. The molecule has 0 amide bonds. The number of hydroxylamine groups is 2. The van der Waals surface area contributed by atoms with Gasteiger partial charge in [0.15, 0.2) is 0 Å². The van der Waals surface area contributed by atoms with Crippen molar-refractivity contribution in [3.8, 4) is 0 Å². The third-order valence-corrected chi connectivity index (χ3v) is 3.84. The molecule has 0 N–H and O–H groups in total. The molecule has 0 spiro atoms. The van der Waals surface area contributed by atoms with Crippen LogP contribution < -0.4 is 0 Å². The summed E-state index contributed by atoms with van der Waals surface area (Å²) in [7, 11) is 0. The van der Waals surface area contributed by atoms with Crippen LogP contribution in [0.4, 0.5) is 0 Å². The normalized spacial score (nSPS) is 22.3. The zero-order valence-corrected chi connectivity index (χ0v) is 12.6. The Hall–Kier alpha value is -0.860. The van der Waals surface area contributed by atoms with E-state index in [0.717, 1.165) is 25.9 Å². The van der Waals surface area contributed by atoms with E-state index in [-0.39, 0.29) is 11.1 Å². The Morgan fingerprint density at radius 3 is 2.16 bits per heavy atom. The van der Waals surface area contributed by atoms with Crippen LogP contribution in [-0.4, -0.2) is 22.7 Å². The lowest BCUT2D eigenvalue weighted by Gasteiger charge is -2.51. The van der Waals surface area contributed by atoms with Crippen molar-refractivity contribution in [3.05, 3.63) is 42.3 Å². The van der Waals surface area contributed by atoms with Gasteiger partial charge >= 0.3 is 0 Å². The summed E-state index contributed by atoms with van der Waals surface area (Å²) in [5.74, 6) is 0. The Labute approximate surface area is 117 Å². The Balaban J connectivity index is 1.93. The van der Waals surface area contributed by atoms with E-state index in [1.807, 2.05) is 0 Å². The van der Waals surface area contributed by atoms with Crippen LogP contribution >= 0.6 is 0 Å². The van der Waals surface area contributed by atoms with E-state index in [2.05, 4.69) is 69.5 Å². The standard InChI is InChI=1S/C17H26NO/c1-16(2)12-8-13-17(3,4)18(16)19-14-11-15-9-6-5-7-10-15/h5-10H,11-14H2,1-4H3. The van der Waals surface area contributed by atoms with Crippen molar-refractivity contribution in [2.24, 2.45) is 0 Å². The molecule has 2 heteroatoms. The first-order chi connectivity index (χ1) is 8.92. The molecule has 1 fully saturated rings. The lowest BCUT2D eigenvalue weighted by Crippen LogP contribution is -2.58. The summed E-state index contributed by atoms with van der Waals surface area (Å²) in [6.45, 7) is 9.77. The van der Waals surface area contributed by atoms with Gasteiger partial charge in [0.05, 0.1) is 6.61 Å². The van der Waals surface area contributed by atoms with E-state index in [1.165, 1.54) is 5.56 Å². The minimum atomic E-state index is 0.0818. The number of piperidine rings is 1. The fourth-order valence-electron chi connectivity index (χ4n) is 3.01. The van der Waals surface area contributed by atoms with Crippen LogP contribution in [0, 0.1) is 6.42 Å². The van der Waals surface area contributed by atoms with Crippen molar-refractivity contribution in [3.63, 3.8) is 0 Å². The number of hydrogen-bond donors (Lipinski definition) is 0. The molecule has 1 aliphatic rings. The number of benzene rings is 1. The minimum absolute atomic E-state index is 0.0818. The van der Waals surface area contributed by atoms with E-state index in [0.29, 0.717) is 0 Å². The summed E-state index contributed by atoms with van der Waals surface area (Å²) < 4.78 is 0. The highest BCUT2D eigenvalue weighted by Gasteiger charge is 2.42. The predicted octanol–water partition coefficient (Wildman–Crippen LogP) is 4.02. The maximum atomic E-state index is 6.13. The molecule has 1 radical (unpaired) electrons. The zero-order valence-electron chi connectivity index (χ0n) is 12.6. The molecule has 105 valence electrons.